The second-order valence-electron chi connectivity index (χ2n) is 3.14. The minimum absolute atomic E-state index is 0. The first-order valence-corrected chi connectivity index (χ1v) is 5.45. The molecule has 0 amide bonds. The molecule has 4 nitrogen and oxygen atoms in total. The third-order valence-corrected chi connectivity index (χ3v) is 1.90. The molecule has 0 spiro atoms. The zero-order valence-corrected chi connectivity index (χ0v) is 11.4. The van der Waals surface area contributed by atoms with E-state index in [0.29, 0.717) is 26.2 Å². The number of ether oxygens (including phenoxy) is 4. The van der Waals surface area contributed by atoms with Crippen LogP contribution >= 0.6 is 0 Å². The van der Waals surface area contributed by atoms with Crippen molar-refractivity contribution in [1.29, 1.82) is 0 Å². The summed E-state index contributed by atoms with van der Waals surface area (Å²) in [6.07, 6.45) is 3.18. The van der Waals surface area contributed by atoms with E-state index >= 15 is 0 Å². The number of methoxy groups -OCH3 is 1. The standard InChI is InChI=1S/C12H20FO4.Li/c1-4-6-16-11(5-2)12(9-13)17-10-15-8-7-14-3;/h4,11H,1,5-8,10H2,2-3H3;/q-1;+1. The van der Waals surface area contributed by atoms with E-state index in [-0.39, 0.29) is 31.4 Å². The molecule has 1 atom stereocenters. The summed E-state index contributed by atoms with van der Waals surface area (Å²) in [7, 11) is 1.57. The quantitative estimate of drug-likeness (QED) is 0.121. The van der Waals surface area contributed by atoms with Crippen LogP contribution in [0.3, 0.4) is 0 Å². The molecule has 0 saturated heterocycles. The van der Waals surface area contributed by atoms with E-state index in [2.05, 4.69) is 6.58 Å². The minimum Gasteiger partial charge on any atom is -0.504 e. The second-order valence-corrected chi connectivity index (χ2v) is 3.14. The zero-order valence-electron chi connectivity index (χ0n) is 11.4. The molecule has 0 rings (SSSR count). The zero-order chi connectivity index (χ0) is 12.9. The third-order valence-electron chi connectivity index (χ3n) is 1.90. The predicted octanol–water partition coefficient (Wildman–Crippen LogP) is -0.777. The van der Waals surface area contributed by atoms with Crippen molar-refractivity contribution < 1.29 is 42.2 Å². The average molecular weight is 254 g/mol. The summed E-state index contributed by atoms with van der Waals surface area (Å²) in [6, 6.07) is 0. The van der Waals surface area contributed by atoms with Gasteiger partial charge in [-0.25, -0.2) is 0 Å². The Labute approximate surface area is 120 Å². The molecule has 0 saturated carbocycles. The normalized spacial score (nSPS) is 12.7. The molecule has 0 heterocycles. The summed E-state index contributed by atoms with van der Waals surface area (Å²) >= 11 is 0. The Kier molecular flexibility index (Phi) is 16.4. The summed E-state index contributed by atoms with van der Waals surface area (Å²) in [4.78, 5) is 0. The fourth-order valence-corrected chi connectivity index (χ4v) is 1.05. The summed E-state index contributed by atoms with van der Waals surface area (Å²) in [5.74, 6) is 0.00627. The Bertz CT molecular complexity index is 224. The smallest absolute Gasteiger partial charge is 0.504 e. The summed E-state index contributed by atoms with van der Waals surface area (Å²) in [5.41, 5.74) is 0. The molecule has 1 unspecified atom stereocenters. The van der Waals surface area contributed by atoms with Gasteiger partial charge in [-0.1, -0.05) is 13.0 Å². The number of hydrogen-bond acceptors (Lipinski definition) is 4. The van der Waals surface area contributed by atoms with Gasteiger partial charge in [-0.15, -0.1) is 6.58 Å². The molecular formula is C12H20FLiO4. The summed E-state index contributed by atoms with van der Waals surface area (Å²) < 4.78 is 32.7. The molecule has 0 fully saturated rings. The fourth-order valence-electron chi connectivity index (χ4n) is 1.05. The van der Waals surface area contributed by atoms with Gasteiger partial charge in [0.2, 0.25) is 0 Å². The molecule has 0 radical (unpaired) electrons. The molecule has 0 aromatic heterocycles. The van der Waals surface area contributed by atoms with E-state index in [1.165, 1.54) is 6.33 Å². The summed E-state index contributed by atoms with van der Waals surface area (Å²) in [5, 5.41) is 0. The molecule has 0 N–H and O–H groups in total. The maximum absolute atomic E-state index is 12.5. The van der Waals surface area contributed by atoms with Crippen LogP contribution in [0.15, 0.2) is 18.4 Å². The molecule has 0 aliphatic carbocycles. The van der Waals surface area contributed by atoms with Gasteiger partial charge in [-0.3, -0.25) is 6.33 Å². The van der Waals surface area contributed by atoms with E-state index in [4.69, 9.17) is 18.9 Å². The van der Waals surface area contributed by atoms with Gasteiger partial charge < -0.3 is 23.3 Å². The van der Waals surface area contributed by atoms with Crippen LogP contribution in [0.5, 0.6) is 0 Å². The van der Waals surface area contributed by atoms with Gasteiger partial charge in [-0.2, -0.15) is 0 Å². The van der Waals surface area contributed by atoms with Crippen molar-refractivity contribution in [3.8, 4) is 0 Å². The Morgan fingerprint density at radius 2 is 2.17 bits per heavy atom. The Hall–Kier alpha value is -0.313. The summed E-state index contributed by atoms with van der Waals surface area (Å²) in [6.45, 7) is 6.51. The number of rotatable bonds is 11. The Morgan fingerprint density at radius 1 is 1.44 bits per heavy atom. The van der Waals surface area contributed by atoms with Crippen LogP contribution in [-0.4, -0.2) is 39.8 Å². The van der Waals surface area contributed by atoms with Crippen molar-refractivity contribution in [1.82, 2.24) is 0 Å². The molecule has 0 aromatic rings. The number of hydrogen-bond donors (Lipinski definition) is 0. The first kappa shape index (κ1) is 20.0. The van der Waals surface area contributed by atoms with E-state index in [0.717, 1.165) is 0 Å². The van der Waals surface area contributed by atoms with Crippen molar-refractivity contribution in [2.24, 2.45) is 0 Å². The van der Waals surface area contributed by atoms with Gasteiger partial charge in [0.25, 0.3) is 0 Å². The second kappa shape index (κ2) is 14.7. The molecule has 0 aliphatic rings. The van der Waals surface area contributed by atoms with Crippen molar-refractivity contribution in [3.63, 3.8) is 0 Å². The van der Waals surface area contributed by atoms with Gasteiger partial charge in [0.15, 0.2) is 6.79 Å². The fraction of sp³-hybridized carbons (Fsp3) is 0.667. The first-order chi connectivity index (χ1) is 8.29. The van der Waals surface area contributed by atoms with Gasteiger partial charge in [0.1, 0.15) is 0 Å². The van der Waals surface area contributed by atoms with Crippen LogP contribution in [0, 0.1) is 6.33 Å². The molecule has 6 heteroatoms. The van der Waals surface area contributed by atoms with E-state index in [9.17, 15) is 4.39 Å². The minimum atomic E-state index is -0.468. The van der Waals surface area contributed by atoms with Crippen LogP contribution in [0.4, 0.5) is 4.39 Å². The van der Waals surface area contributed by atoms with Gasteiger partial charge in [-0.05, 0) is 12.2 Å². The maximum Gasteiger partial charge on any atom is 1.00 e. The van der Waals surface area contributed by atoms with Crippen LogP contribution in [-0.2, 0) is 18.9 Å². The third kappa shape index (κ3) is 9.69. The van der Waals surface area contributed by atoms with E-state index < -0.39 is 6.10 Å². The monoisotopic (exact) mass is 254 g/mol. The topological polar surface area (TPSA) is 36.9 Å². The average Bonchev–Trinajstić information content (AvgIpc) is 2.36. The van der Waals surface area contributed by atoms with Crippen molar-refractivity contribution >= 4 is 0 Å². The number of halogens is 1. The van der Waals surface area contributed by atoms with Crippen LogP contribution < -0.4 is 18.9 Å². The molecule has 0 bridgehead atoms. The predicted molar refractivity (Wildman–Crippen MR) is 61.9 cm³/mol. The molecule has 100 valence electrons. The maximum atomic E-state index is 12.5. The van der Waals surface area contributed by atoms with Crippen molar-refractivity contribution in [3.05, 3.63) is 24.7 Å². The Morgan fingerprint density at radius 3 is 2.67 bits per heavy atom. The molecule has 0 aliphatic heterocycles. The van der Waals surface area contributed by atoms with Crippen LogP contribution in [0.25, 0.3) is 0 Å². The van der Waals surface area contributed by atoms with Crippen molar-refractivity contribution in [2.45, 2.75) is 19.4 Å². The van der Waals surface area contributed by atoms with Gasteiger partial charge in [0.05, 0.1) is 25.9 Å². The first-order valence-electron chi connectivity index (χ1n) is 5.45. The largest absolute Gasteiger partial charge is 1.00 e. The van der Waals surface area contributed by atoms with Crippen LogP contribution in [0.1, 0.15) is 13.3 Å². The van der Waals surface area contributed by atoms with Crippen LogP contribution in [0.2, 0.25) is 0 Å². The van der Waals surface area contributed by atoms with E-state index in [1.54, 1.807) is 13.2 Å². The molecule has 18 heavy (non-hydrogen) atoms. The van der Waals surface area contributed by atoms with E-state index in [1.807, 2.05) is 6.92 Å². The molecular weight excluding hydrogens is 234 g/mol. The van der Waals surface area contributed by atoms with Gasteiger partial charge >= 0.3 is 18.9 Å². The SMILES string of the molecule is C=CCOC(CC)C(=[C-]F)OCOCCOC.[Li+]. The van der Waals surface area contributed by atoms with Crippen molar-refractivity contribution in [2.75, 3.05) is 33.7 Å². The molecule has 0 aromatic carbocycles. The Balaban J connectivity index is 0. The van der Waals surface area contributed by atoms with Gasteiger partial charge in [0, 0.05) is 7.11 Å².